The van der Waals surface area contributed by atoms with Crippen LogP contribution in [0.15, 0.2) is 29.1 Å². The maximum Gasteiger partial charge on any atom is 0.277 e. The minimum absolute atomic E-state index is 0.0917. The molecule has 0 aliphatic carbocycles. The predicted octanol–water partition coefficient (Wildman–Crippen LogP) is 0.357. The smallest absolute Gasteiger partial charge is 0.277 e. The van der Waals surface area contributed by atoms with Gasteiger partial charge in [0.1, 0.15) is 11.3 Å². The molecule has 0 spiro atoms. The zero-order valence-corrected chi connectivity index (χ0v) is 11.1. The van der Waals surface area contributed by atoms with Gasteiger partial charge in [0.05, 0.1) is 12.8 Å². The molecular weight excluding hydrogens is 260 g/mol. The first-order valence-electron chi connectivity index (χ1n) is 5.82. The third-order valence-corrected chi connectivity index (χ3v) is 2.87. The monoisotopic (exact) mass is 274 g/mol. The molecule has 7 nitrogen and oxygen atoms in total. The van der Waals surface area contributed by atoms with Gasteiger partial charge in [-0.25, -0.2) is 10.9 Å². The van der Waals surface area contributed by atoms with Crippen molar-refractivity contribution in [2.24, 2.45) is 5.84 Å². The topological polar surface area (TPSA) is 110 Å². The van der Waals surface area contributed by atoms with Gasteiger partial charge in [0.15, 0.2) is 0 Å². The van der Waals surface area contributed by atoms with Crippen LogP contribution in [0.25, 0.3) is 11.3 Å². The largest absolute Gasteiger partial charge is 0.496 e. The first kappa shape index (κ1) is 13.8. The number of benzene rings is 1. The molecule has 0 aliphatic rings. The summed E-state index contributed by atoms with van der Waals surface area (Å²) in [6.07, 6.45) is 0. The average molecular weight is 274 g/mol. The SMILES string of the molecule is COc1ccc(-c2cc(C(=O)NN)c(=O)[nH]n2)cc1C. The number of ether oxygens (including phenoxy) is 1. The molecule has 104 valence electrons. The van der Waals surface area contributed by atoms with Gasteiger partial charge in [-0.1, -0.05) is 0 Å². The second kappa shape index (κ2) is 5.54. The highest BCUT2D eigenvalue weighted by Crippen LogP contribution is 2.24. The predicted molar refractivity (Wildman–Crippen MR) is 73.2 cm³/mol. The van der Waals surface area contributed by atoms with E-state index < -0.39 is 11.5 Å². The molecule has 2 rings (SSSR count). The van der Waals surface area contributed by atoms with Gasteiger partial charge >= 0.3 is 0 Å². The minimum Gasteiger partial charge on any atom is -0.496 e. The fourth-order valence-corrected chi connectivity index (χ4v) is 1.84. The lowest BCUT2D eigenvalue weighted by Crippen LogP contribution is -2.34. The maximum absolute atomic E-state index is 11.5. The molecule has 1 amide bonds. The number of aromatic amines is 1. The van der Waals surface area contributed by atoms with Crippen molar-refractivity contribution in [3.63, 3.8) is 0 Å². The highest BCUT2D eigenvalue weighted by atomic mass is 16.5. The summed E-state index contributed by atoms with van der Waals surface area (Å²) >= 11 is 0. The van der Waals surface area contributed by atoms with Crippen LogP contribution in [-0.2, 0) is 0 Å². The molecule has 4 N–H and O–H groups in total. The molecule has 0 saturated heterocycles. The second-order valence-corrected chi connectivity index (χ2v) is 4.15. The van der Waals surface area contributed by atoms with Crippen molar-refractivity contribution in [2.45, 2.75) is 6.92 Å². The molecule has 0 aliphatic heterocycles. The van der Waals surface area contributed by atoms with Crippen molar-refractivity contribution in [2.75, 3.05) is 7.11 Å². The van der Waals surface area contributed by atoms with Crippen molar-refractivity contribution < 1.29 is 9.53 Å². The standard InChI is InChI=1S/C13H14N4O3/c1-7-5-8(3-4-11(7)20-2)10-6-9(12(18)15-14)13(19)17-16-10/h3-6H,14H2,1-2H3,(H,15,18)(H,17,19). The van der Waals surface area contributed by atoms with Gasteiger partial charge < -0.3 is 4.74 Å². The number of hydrogen-bond donors (Lipinski definition) is 3. The van der Waals surface area contributed by atoms with E-state index >= 15 is 0 Å². The van der Waals surface area contributed by atoms with E-state index in [0.717, 1.165) is 16.9 Å². The number of nitrogen functional groups attached to an aromatic ring is 1. The molecule has 0 radical (unpaired) electrons. The fourth-order valence-electron chi connectivity index (χ4n) is 1.84. The summed E-state index contributed by atoms with van der Waals surface area (Å²) in [4.78, 5) is 23.0. The molecule has 1 aromatic heterocycles. The number of hydrazine groups is 1. The first-order valence-corrected chi connectivity index (χ1v) is 5.82. The Bertz CT molecular complexity index is 709. The molecule has 7 heteroatoms. The quantitative estimate of drug-likeness (QED) is 0.425. The van der Waals surface area contributed by atoms with Crippen molar-refractivity contribution in [1.29, 1.82) is 0 Å². The van der Waals surface area contributed by atoms with Gasteiger partial charge in [-0.3, -0.25) is 15.0 Å². The zero-order valence-electron chi connectivity index (χ0n) is 11.1. The Morgan fingerprint density at radius 1 is 1.40 bits per heavy atom. The summed E-state index contributed by atoms with van der Waals surface area (Å²) in [6, 6.07) is 6.82. The molecule has 0 atom stereocenters. The maximum atomic E-state index is 11.5. The number of H-pyrrole nitrogens is 1. The van der Waals surface area contributed by atoms with Gasteiger partial charge in [-0.2, -0.15) is 5.10 Å². The van der Waals surface area contributed by atoms with Crippen LogP contribution in [0.2, 0.25) is 0 Å². The Morgan fingerprint density at radius 3 is 2.75 bits per heavy atom. The summed E-state index contributed by atoms with van der Waals surface area (Å²) in [6.45, 7) is 1.89. The molecule has 2 aromatic rings. The number of carbonyl (C=O) groups excluding carboxylic acids is 1. The first-order chi connectivity index (χ1) is 9.56. The lowest BCUT2D eigenvalue weighted by atomic mass is 10.1. The number of aryl methyl sites for hydroxylation is 1. The zero-order chi connectivity index (χ0) is 14.7. The van der Waals surface area contributed by atoms with Gasteiger partial charge in [-0.15, -0.1) is 0 Å². The van der Waals surface area contributed by atoms with Crippen LogP contribution < -0.4 is 21.6 Å². The number of carbonyl (C=O) groups is 1. The number of nitrogens with zero attached hydrogens (tertiary/aromatic N) is 1. The summed E-state index contributed by atoms with van der Waals surface area (Å²) < 4.78 is 5.18. The average Bonchev–Trinajstić information content (AvgIpc) is 2.47. The van der Waals surface area contributed by atoms with Crippen LogP contribution >= 0.6 is 0 Å². The van der Waals surface area contributed by atoms with E-state index in [2.05, 4.69) is 10.2 Å². The number of nitrogens with one attached hydrogen (secondary N) is 2. The van der Waals surface area contributed by atoms with Crippen LogP contribution in [0.1, 0.15) is 15.9 Å². The van der Waals surface area contributed by atoms with Gasteiger partial charge in [0, 0.05) is 5.56 Å². The number of amides is 1. The molecule has 20 heavy (non-hydrogen) atoms. The molecule has 1 aromatic carbocycles. The highest BCUT2D eigenvalue weighted by Gasteiger charge is 2.12. The number of rotatable bonds is 3. The van der Waals surface area contributed by atoms with Gasteiger partial charge in [0.25, 0.3) is 11.5 Å². The minimum atomic E-state index is -0.667. The molecular formula is C13H14N4O3. The molecule has 0 bridgehead atoms. The lowest BCUT2D eigenvalue weighted by molar-refractivity contribution is 0.0952. The number of hydrogen-bond acceptors (Lipinski definition) is 5. The Hall–Kier alpha value is -2.67. The molecule has 0 fully saturated rings. The van der Waals surface area contributed by atoms with Crippen LogP contribution in [0.4, 0.5) is 0 Å². The van der Waals surface area contributed by atoms with Crippen LogP contribution in [0.3, 0.4) is 0 Å². The van der Waals surface area contributed by atoms with Crippen LogP contribution in [0.5, 0.6) is 5.75 Å². The second-order valence-electron chi connectivity index (χ2n) is 4.15. The molecule has 0 unspecified atom stereocenters. The van der Waals surface area contributed by atoms with E-state index in [9.17, 15) is 9.59 Å². The van der Waals surface area contributed by atoms with Crippen molar-refractivity contribution in [3.8, 4) is 17.0 Å². The lowest BCUT2D eigenvalue weighted by Gasteiger charge is -2.07. The normalized spacial score (nSPS) is 10.2. The van der Waals surface area contributed by atoms with E-state index in [-0.39, 0.29) is 5.56 Å². The molecule has 1 heterocycles. The number of methoxy groups -OCH3 is 1. The van der Waals surface area contributed by atoms with E-state index in [4.69, 9.17) is 10.6 Å². The fraction of sp³-hybridized carbons (Fsp3) is 0.154. The van der Waals surface area contributed by atoms with E-state index in [0.29, 0.717) is 5.69 Å². The van der Waals surface area contributed by atoms with E-state index in [1.54, 1.807) is 19.2 Å². The third kappa shape index (κ3) is 2.52. The van der Waals surface area contributed by atoms with Crippen LogP contribution in [0, 0.1) is 6.92 Å². The Labute approximate surface area is 114 Å². The Morgan fingerprint density at radius 2 is 2.15 bits per heavy atom. The summed E-state index contributed by atoms with van der Waals surface area (Å²) in [5, 5.41) is 6.20. The summed E-state index contributed by atoms with van der Waals surface area (Å²) in [5.41, 5.74) is 3.38. The Balaban J connectivity index is 2.51. The van der Waals surface area contributed by atoms with E-state index in [1.165, 1.54) is 6.07 Å². The van der Waals surface area contributed by atoms with Gasteiger partial charge in [-0.05, 0) is 36.8 Å². The number of aromatic nitrogens is 2. The number of nitrogens with two attached hydrogens (primary N) is 1. The van der Waals surface area contributed by atoms with Crippen molar-refractivity contribution >= 4 is 5.91 Å². The van der Waals surface area contributed by atoms with Crippen molar-refractivity contribution in [1.82, 2.24) is 15.6 Å². The highest BCUT2D eigenvalue weighted by molar-refractivity contribution is 5.94. The Kier molecular flexibility index (Phi) is 3.81. The van der Waals surface area contributed by atoms with Crippen LogP contribution in [-0.4, -0.2) is 23.2 Å². The third-order valence-electron chi connectivity index (χ3n) is 2.87. The summed E-state index contributed by atoms with van der Waals surface area (Å²) in [7, 11) is 1.59. The van der Waals surface area contributed by atoms with E-state index in [1.807, 2.05) is 18.4 Å². The van der Waals surface area contributed by atoms with Crippen molar-refractivity contribution in [3.05, 3.63) is 45.7 Å². The van der Waals surface area contributed by atoms with Gasteiger partial charge in [0.2, 0.25) is 0 Å². The summed E-state index contributed by atoms with van der Waals surface area (Å²) in [5.74, 6) is 5.12. The molecule has 0 saturated carbocycles.